The predicted octanol–water partition coefficient (Wildman–Crippen LogP) is 0.390. The van der Waals surface area contributed by atoms with Crippen molar-refractivity contribution in [3.8, 4) is 5.75 Å². The SMILES string of the molecule is CCCNC(=O)COC(=O)CN1C(=O)COc2ccc([N+](=O)[O-])cc21. The predicted molar refractivity (Wildman–Crippen MR) is 85.2 cm³/mol. The molecule has 0 saturated heterocycles. The molecule has 0 aromatic heterocycles. The smallest absolute Gasteiger partial charge is 0.326 e. The van der Waals surface area contributed by atoms with Crippen LogP contribution in [0.25, 0.3) is 0 Å². The van der Waals surface area contributed by atoms with Gasteiger partial charge in [-0.1, -0.05) is 6.92 Å². The Hall–Kier alpha value is -3.17. The van der Waals surface area contributed by atoms with Gasteiger partial charge in [-0.05, 0) is 12.5 Å². The van der Waals surface area contributed by atoms with E-state index in [1.165, 1.54) is 12.1 Å². The van der Waals surface area contributed by atoms with Crippen LogP contribution in [0.3, 0.4) is 0 Å². The number of fused-ring (bicyclic) bond motifs is 1. The van der Waals surface area contributed by atoms with Crippen LogP contribution in [0.4, 0.5) is 11.4 Å². The third-order valence-electron chi connectivity index (χ3n) is 3.32. The minimum atomic E-state index is -0.806. The van der Waals surface area contributed by atoms with Crippen molar-refractivity contribution < 1.29 is 28.8 Å². The van der Waals surface area contributed by atoms with Crippen LogP contribution >= 0.6 is 0 Å². The van der Waals surface area contributed by atoms with Crippen LogP contribution in [0.1, 0.15) is 13.3 Å². The summed E-state index contributed by atoms with van der Waals surface area (Å²) in [7, 11) is 0. The Morgan fingerprint density at radius 1 is 1.44 bits per heavy atom. The maximum absolute atomic E-state index is 12.0. The van der Waals surface area contributed by atoms with Gasteiger partial charge in [0.2, 0.25) is 0 Å². The summed E-state index contributed by atoms with van der Waals surface area (Å²) in [5, 5.41) is 13.4. The molecule has 0 radical (unpaired) electrons. The fourth-order valence-electron chi connectivity index (χ4n) is 2.11. The summed E-state index contributed by atoms with van der Waals surface area (Å²) in [5.74, 6) is -1.54. The number of non-ortho nitro benzene ring substituents is 1. The molecule has 0 bridgehead atoms. The summed E-state index contributed by atoms with van der Waals surface area (Å²) in [6.45, 7) is 1.12. The van der Waals surface area contributed by atoms with Gasteiger partial charge in [0, 0.05) is 18.7 Å². The van der Waals surface area contributed by atoms with Gasteiger partial charge in [0.05, 0.1) is 10.6 Å². The van der Waals surface area contributed by atoms with Crippen molar-refractivity contribution in [1.82, 2.24) is 5.32 Å². The topological polar surface area (TPSA) is 128 Å². The minimum absolute atomic E-state index is 0.109. The lowest BCUT2D eigenvalue weighted by molar-refractivity contribution is -0.384. The van der Waals surface area contributed by atoms with Crippen molar-refractivity contribution in [2.45, 2.75) is 13.3 Å². The molecule has 0 spiro atoms. The zero-order chi connectivity index (χ0) is 18.4. The van der Waals surface area contributed by atoms with Gasteiger partial charge in [0.15, 0.2) is 13.2 Å². The zero-order valence-corrected chi connectivity index (χ0v) is 13.5. The number of esters is 1. The average molecular weight is 351 g/mol. The second-order valence-corrected chi connectivity index (χ2v) is 5.19. The monoisotopic (exact) mass is 351 g/mol. The Bertz CT molecular complexity index is 704. The fourth-order valence-corrected chi connectivity index (χ4v) is 2.11. The van der Waals surface area contributed by atoms with Crippen LogP contribution < -0.4 is 15.0 Å². The zero-order valence-electron chi connectivity index (χ0n) is 13.5. The van der Waals surface area contributed by atoms with E-state index < -0.39 is 35.9 Å². The molecule has 1 N–H and O–H groups in total. The summed E-state index contributed by atoms with van der Waals surface area (Å²) in [6.07, 6.45) is 0.748. The third-order valence-corrected chi connectivity index (χ3v) is 3.32. The van der Waals surface area contributed by atoms with E-state index in [2.05, 4.69) is 5.32 Å². The normalized spacial score (nSPS) is 12.8. The van der Waals surface area contributed by atoms with Crippen LogP contribution in [0.15, 0.2) is 18.2 Å². The number of anilines is 1. The molecule has 0 atom stereocenters. The first kappa shape index (κ1) is 18.2. The lowest BCUT2D eigenvalue weighted by Gasteiger charge is -2.28. The molecule has 25 heavy (non-hydrogen) atoms. The Labute approximate surface area is 142 Å². The summed E-state index contributed by atoms with van der Waals surface area (Å²) in [4.78, 5) is 46.6. The number of ether oxygens (including phenoxy) is 2. The van der Waals surface area contributed by atoms with E-state index in [-0.39, 0.29) is 23.7 Å². The van der Waals surface area contributed by atoms with E-state index in [0.717, 1.165) is 17.4 Å². The number of hydrogen-bond acceptors (Lipinski definition) is 7. The summed E-state index contributed by atoms with van der Waals surface area (Å²) < 4.78 is 10.0. The minimum Gasteiger partial charge on any atom is -0.482 e. The number of carbonyl (C=O) groups excluding carboxylic acids is 3. The van der Waals surface area contributed by atoms with E-state index in [1.54, 1.807) is 0 Å². The van der Waals surface area contributed by atoms with Gasteiger partial charge >= 0.3 is 5.97 Å². The summed E-state index contributed by atoms with van der Waals surface area (Å²) in [6, 6.07) is 3.74. The maximum atomic E-state index is 12.0. The quantitative estimate of drug-likeness (QED) is 0.427. The van der Waals surface area contributed by atoms with Crippen molar-refractivity contribution in [3.63, 3.8) is 0 Å². The van der Waals surface area contributed by atoms with E-state index in [4.69, 9.17) is 9.47 Å². The molecule has 1 aliphatic heterocycles. The number of carbonyl (C=O) groups is 3. The highest BCUT2D eigenvalue weighted by atomic mass is 16.6. The lowest BCUT2D eigenvalue weighted by atomic mass is 10.2. The van der Waals surface area contributed by atoms with E-state index >= 15 is 0 Å². The Balaban J connectivity index is 2.05. The molecule has 0 fully saturated rings. The molecule has 1 heterocycles. The number of rotatable bonds is 7. The first-order valence-electron chi connectivity index (χ1n) is 7.56. The van der Waals surface area contributed by atoms with Gasteiger partial charge in [-0.3, -0.25) is 29.4 Å². The number of nitrogens with one attached hydrogen (secondary N) is 1. The molecule has 10 heteroatoms. The molecule has 0 unspecified atom stereocenters. The number of amides is 2. The van der Waals surface area contributed by atoms with Gasteiger partial charge in [-0.15, -0.1) is 0 Å². The van der Waals surface area contributed by atoms with Crippen LogP contribution in [-0.2, 0) is 19.1 Å². The largest absolute Gasteiger partial charge is 0.482 e. The van der Waals surface area contributed by atoms with Crippen molar-refractivity contribution >= 4 is 29.2 Å². The molecule has 10 nitrogen and oxygen atoms in total. The number of nitro benzene ring substituents is 1. The number of benzene rings is 1. The molecule has 0 saturated carbocycles. The van der Waals surface area contributed by atoms with Crippen LogP contribution in [0.2, 0.25) is 0 Å². The van der Waals surface area contributed by atoms with Gasteiger partial charge in [0.25, 0.3) is 17.5 Å². The average Bonchev–Trinajstić information content (AvgIpc) is 2.60. The van der Waals surface area contributed by atoms with E-state index in [1.807, 2.05) is 6.92 Å². The van der Waals surface area contributed by atoms with Crippen LogP contribution in [-0.4, -0.2) is 49.0 Å². The van der Waals surface area contributed by atoms with Gasteiger partial charge in [-0.25, -0.2) is 0 Å². The fraction of sp³-hybridized carbons (Fsp3) is 0.400. The summed E-state index contributed by atoms with van der Waals surface area (Å²) >= 11 is 0. The van der Waals surface area contributed by atoms with Gasteiger partial charge < -0.3 is 14.8 Å². The molecule has 1 aromatic carbocycles. The Kier molecular flexibility index (Phi) is 5.88. The lowest BCUT2D eigenvalue weighted by Crippen LogP contribution is -2.43. The Morgan fingerprint density at radius 3 is 2.88 bits per heavy atom. The second kappa shape index (κ2) is 8.08. The molecule has 1 aromatic rings. The first-order chi connectivity index (χ1) is 11.9. The van der Waals surface area contributed by atoms with E-state index in [0.29, 0.717) is 6.54 Å². The van der Waals surface area contributed by atoms with E-state index in [9.17, 15) is 24.5 Å². The third kappa shape index (κ3) is 4.66. The highest BCUT2D eigenvalue weighted by molar-refractivity contribution is 6.01. The van der Waals surface area contributed by atoms with Crippen molar-refractivity contribution in [3.05, 3.63) is 28.3 Å². The molecule has 2 rings (SSSR count). The molecular formula is C15H17N3O7. The van der Waals surface area contributed by atoms with Gasteiger partial charge in [0.1, 0.15) is 12.3 Å². The molecule has 2 amide bonds. The Morgan fingerprint density at radius 2 is 2.20 bits per heavy atom. The van der Waals surface area contributed by atoms with Crippen LogP contribution in [0.5, 0.6) is 5.75 Å². The standard InChI is InChI=1S/C15H17N3O7/c1-2-5-16-13(19)8-25-15(21)7-17-11-6-10(18(22)23)3-4-12(11)24-9-14(17)20/h3-4,6H,2,5,7-9H2,1H3,(H,16,19). The maximum Gasteiger partial charge on any atom is 0.326 e. The molecule has 0 aliphatic carbocycles. The molecule has 134 valence electrons. The van der Waals surface area contributed by atoms with Crippen LogP contribution in [0, 0.1) is 10.1 Å². The number of nitrogens with zero attached hydrogens (tertiary/aromatic N) is 2. The van der Waals surface area contributed by atoms with Crippen molar-refractivity contribution in [2.24, 2.45) is 0 Å². The van der Waals surface area contributed by atoms with Crippen molar-refractivity contribution in [1.29, 1.82) is 0 Å². The highest BCUT2D eigenvalue weighted by Crippen LogP contribution is 2.35. The highest BCUT2D eigenvalue weighted by Gasteiger charge is 2.29. The van der Waals surface area contributed by atoms with Crippen molar-refractivity contribution in [2.75, 3.05) is 31.2 Å². The second-order valence-electron chi connectivity index (χ2n) is 5.19. The number of nitro groups is 1. The number of hydrogen-bond donors (Lipinski definition) is 1. The first-order valence-corrected chi connectivity index (χ1v) is 7.56. The molecule has 1 aliphatic rings. The van der Waals surface area contributed by atoms with Gasteiger partial charge in [-0.2, -0.15) is 0 Å². The summed E-state index contributed by atoms with van der Waals surface area (Å²) in [5.41, 5.74) is -0.132. The molecular weight excluding hydrogens is 334 g/mol.